The molecular formula is C17H21N5O. The minimum Gasteiger partial charge on any atom is -0.327 e. The number of hydrogen-bond donors (Lipinski definition) is 2. The Morgan fingerprint density at radius 1 is 1.26 bits per heavy atom. The summed E-state index contributed by atoms with van der Waals surface area (Å²) in [5, 5.41) is 10.9. The lowest BCUT2D eigenvalue weighted by molar-refractivity contribution is -0.119. The minimum absolute atomic E-state index is 0.0499. The zero-order chi connectivity index (χ0) is 15.8. The van der Waals surface area contributed by atoms with Crippen LogP contribution in [0, 0.1) is 17.8 Å². The van der Waals surface area contributed by atoms with E-state index in [0.717, 1.165) is 24.8 Å². The Morgan fingerprint density at radius 3 is 2.83 bits per heavy atom. The zero-order valence-electron chi connectivity index (χ0n) is 12.9. The summed E-state index contributed by atoms with van der Waals surface area (Å²) >= 11 is 0. The van der Waals surface area contributed by atoms with Gasteiger partial charge < -0.3 is 5.73 Å². The van der Waals surface area contributed by atoms with Crippen LogP contribution in [0.15, 0.2) is 36.7 Å². The molecule has 1 aromatic carbocycles. The standard InChI is InChI=1S/C17H21N5O/c18-15-8-12-6-13(7-14(12)15)16(23)20-17-21-19-10-22(17)9-11-4-2-1-3-5-11/h1-5,10,12-15H,6-9,18H2,(H,20,21,23). The third kappa shape index (κ3) is 2.74. The summed E-state index contributed by atoms with van der Waals surface area (Å²) in [4.78, 5) is 12.5. The number of fused-ring (bicyclic) bond motifs is 1. The van der Waals surface area contributed by atoms with Crippen LogP contribution in [0.4, 0.5) is 5.95 Å². The molecule has 1 aromatic heterocycles. The molecule has 2 aromatic rings. The average molecular weight is 311 g/mol. The van der Waals surface area contributed by atoms with Crippen molar-refractivity contribution in [3.8, 4) is 0 Å². The highest BCUT2D eigenvalue weighted by Crippen LogP contribution is 2.48. The van der Waals surface area contributed by atoms with Crippen molar-refractivity contribution in [2.75, 3.05) is 5.32 Å². The van der Waals surface area contributed by atoms with Gasteiger partial charge in [-0.25, -0.2) is 0 Å². The first kappa shape index (κ1) is 14.4. The van der Waals surface area contributed by atoms with Gasteiger partial charge in [0.25, 0.3) is 0 Å². The quantitative estimate of drug-likeness (QED) is 0.899. The number of amides is 1. The smallest absolute Gasteiger partial charge is 0.231 e. The fourth-order valence-corrected chi connectivity index (χ4v) is 3.96. The predicted molar refractivity (Wildman–Crippen MR) is 86.5 cm³/mol. The molecule has 4 unspecified atom stereocenters. The molecule has 0 aliphatic heterocycles. The summed E-state index contributed by atoms with van der Waals surface area (Å²) in [6.45, 7) is 0.643. The first-order valence-electron chi connectivity index (χ1n) is 8.19. The van der Waals surface area contributed by atoms with Crippen LogP contribution in [0.25, 0.3) is 0 Å². The summed E-state index contributed by atoms with van der Waals surface area (Å²) in [6.07, 6.45) is 4.58. The summed E-state index contributed by atoms with van der Waals surface area (Å²) in [7, 11) is 0. The molecule has 2 aliphatic rings. The van der Waals surface area contributed by atoms with E-state index in [-0.39, 0.29) is 11.8 Å². The normalized spacial score (nSPS) is 28.9. The van der Waals surface area contributed by atoms with Gasteiger partial charge in [0.2, 0.25) is 11.9 Å². The molecule has 0 bridgehead atoms. The van der Waals surface area contributed by atoms with Crippen LogP contribution in [0.2, 0.25) is 0 Å². The van der Waals surface area contributed by atoms with E-state index in [4.69, 9.17) is 5.73 Å². The molecule has 2 saturated carbocycles. The molecular weight excluding hydrogens is 290 g/mol. The van der Waals surface area contributed by atoms with Crippen molar-refractivity contribution in [2.45, 2.75) is 31.8 Å². The van der Waals surface area contributed by atoms with E-state index >= 15 is 0 Å². The van der Waals surface area contributed by atoms with Crippen LogP contribution >= 0.6 is 0 Å². The maximum Gasteiger partial charge on any atom is 0.231 e. The highest BCUT2D eigenvalue weighted by Gasteiger charge is 2.47. The van der Waals surface area contributed by atoms with E-state index < -0.39 is 0 Å². The maximum absolute atomic E-state index is 12.5. The molecule has 120 valence electrons. The van der Waals surface area contributed by atoms with Gasteiger partial charge in [-0.3, -0.25) is 14.7 Å². The van der Waals surface area contributed by atoms with Crippen molar-refractivity contribution < 1.29 is 4.79 Å². The SMILES string of the molecule is NC1CC2CC(C(=O)Nc3nncn3Cc3ccccc3)CC12. The predicted octanol–water partition coefficient (Wildman–Crippen LogP) is 1.64. The van der Waals surface area contributed by atoms with Gasteiger partial charge in [-0.2, -0.15) is 0 Å². The zero-order valence-corrected chi connectivity index (χ0v) is 12.9. The average Bonchev–Trinajstić information content (AvgIpc) is 3.12. The van der Waals surface area contributed by atoms with Crippen LogP contribution in [-0.4, -0.2) is 26.7 Å². The number of hydrogen-bond acceptors (Lipinski definition) is 4. The van der Waals surface area contributed by atoms with E-state index in [9.17, 15) is 4.79 Å². The topological polar surface area (TPSA) is 85.8 Å². The molecule has 1 amide bonds. The Kier molecular flexibility index (Phi) is 3.61. The number of nitrogens with one attached hydrogen (secondary N) is 1. The fraction of sp³-hybridized carbons (Fsp3) is 0.471. The number of aromatic nitrogens is 3. The third-order valence-corrected chi connectivity index (χ3v) is 5.29. The summed E-state index contributed by atoms with van der Waals surface area (Å²) < 4.78 is 1.86. The second-order valence-corrected chi connectivity index (χ2v) is 6.75. The van der Waals surface area contributed by atoms with Gasteiger partial charge in [0.05, 0.1) is 6.54 Å². The molecule has 0 radical (unpaired) electrons. The highest BCUT2D eigenvalue weighted by atomic mass is 16.2. The van der Waals surface area contributed by atoms with Crippen LogP contribution in [-0.2, 0) is 11.3 Å². The molecule has 4 rings (SSSR count). The Hall–Kier alpha value is -2.21. The van der Waals surface area contributed by atoms with Gasteiger partial charge in [0.1, 0.15) is 6.33 Å². The van der Waals surface area contributed by atoms with Crippen molar-refractivity contribution >= 4 is 11.9 Å². The van der Waals surface area contributed by atoms with Crippen molar-refractivity contribution in [2.24, 2.45) is 23.5 Å². The van der Waals surface area contributed by atoms with E-state index in [1.165, 1.54) is 0 Å². The summed E-state index contributed by atoms with van der Waals surface area (Å²) in [6, 6.07) is 10.4. The minimum atomic E-state index is 0.0499. The number of anilines is 1. The monoisotopic (exact) mass is 311 g/mol. The molecule has 23 heavy (non-hydrogen) atoms. The Bertz CT molecular complexity index is 698. The number of carbonyl (C=O) groups is 1. The van der Waals surface area contributed by atoms with E-state index in [1.54, 1.807) is 6.33 Å². The van der Waals surface area contributed by atoms with Gasteiger partial charge in [0, 0.05) is 12.0 Å². The second-order valence-electron chi connectivity index (χ2n) is 6.75. The molecule has 6 nitrogen and oxygen atoms in total. The number of nitrogens with two attached hydrogens (primary N) is 1. The van der Waals surface area contributed by atoms with Crippen molar-refractivity contribution in [1.82, 2.24) is 14.8 Å². The van der Waals surface area contributed by atoms with Gasteiger partial charge in [-0.1, -0.05) is 30.3 Å². The lowest BCUT2D eigenvalue weighted by Gasteiger charge is -2.37. The molecule has 3 N–H and O–H groups in total. The Labute approximate surface area is 135 Å². The van der Waals surface area contributed by atoms with Crippen LogP contribution in [0.3, 0.4) is 0 Å². The lowest BCUT2D eigenvalue weighted by Crippen LogP contribution is -2.44. The van der Waals surface area contributed by atoms with Crippen molar-refractivity contribution in [3.63, 3.8) is 0 Å². The van der Waals surface area contributed by atoms with Crippen LogP contribution in [0.5, 0.6) is 0 Å². The lowest BCUT2D eigenvalue weighted by atomic mass is 9.72. The van der Waals surface area contributed by atoms with Gasteiger partial charge in [-0.05, 0) is 36.7 Å². The number of benzene rings is 1. The number of nitrogens with zero attached hydrogens (tertiary/aromatic N) is 3. The molecule has 4 atom stereocenters. The molecule has 6 heteroatoms. The fourth-order valence-electron chi connectivity index (χ4n) is 3.96. The first-order chi connectivity index (χ1) is 11.2. The molecule has 2 aliphatic carbocycles. The Balaban J connectivity index is 1.41. The van der Waals surface area contributed by atoms with Crippen molar-refractivity contribution in [1.29, 1.82) is 0 Å². The van der Waals surface area contributed by atoms with Gasteiger partial charge >= 0.3 is 0 Å². The maximum atomic E-state index is 12.5. The molecule has 1 heterocycles. The highest BCUT2D eigenvalue weighted by molar-refractivity contribution is 5.91. The van der Waals surface area contributed by atoms with Crippen LogP contribution < -0.4 is 11.1 Å². The van der Waals surface area contributed by atoms with Crippen molar-refractivity contribution in [3.05, 3.63) is 42.2 Å². The Morgan fingerprint density at radius 2 is 2.09 bits per heavy atom. The number of rotatable bonds is 4. The second kappa shape index (κ2) is 5.77. The van der Waals surface area contributed by atoms with Crippen LogP contribution in [0.1, 0.15) is 24.8 Å². The van der Waals surface area contributed by atoms with Gasteiger partial charge in [-0.15, -0.1) is 10.2 Å². The molecule has 2 fully saturated rings. The number of carbonyl (C=O) groups excluding carboxylic acids is 1. The summed E-state index contributed by atoms with van der Waals surface area (Å²) in [5.41, 5.74) is 7.16. The van der Waals surface area contributed by atoms with E-state index in [0.29, 0.717) is 30.4 Å². The first-order valence-corrected chi connectivity index (χ1v) is 8.19. The van der Waals surface area contributed by atoms with E-state index in [1.807, 2.05) is 34.9 Å². The largest absolute Gasteiger partial charge is 0.327 e. The molecule has 0 saturated heterocycles. The summed E-state index contributed by atoms with van der Waals surface area (Å²) in [5.74, 6) is 1.80. The molecule has 0 spiro atoms. The van der Waals surface area contributed by atoms with Gasteiger partial charge in [0.15, 0.2) is 0 Å². The van der Waals surface area contributed by atoms with E-state index in [2.05, 4.69) is 15.5 Å². The third-order valence-electron chi connectivity index (χ3n) is 5.29.